The number of benzene rings is 2. The normalized spacial score (nSPS) is 11.9. The van der Waals surface area contributed by atoms with Crippen molar-refractivity contribution in [1.82, 2.24) is 25.1 Å². The van der Waals surface area contributed by atoms with Crippen LogP contribution in [0.25, 0.3) is 17.1 Å². The Morgan fingerprint density at radius 1 is 1.03 bits per heavy atom. The molecule has 0 aliphatic heterocycles. The molecule has 0 spiro atoms. The highest BCUT2D eigenvalue weighted by Gasteiger charge is 2.23. The van der Waals surface area contributed by atoms with Crippen LogP contribution in [0.1, 0.15) is 37.8 Å². The molecule has 8 heteroatoms. The van der Waals surface area contributed by atoms with E-state index in [2.05, 4.69) is 46.5 Å². The minimum absolute atomic E-state index is 0.0875. The number of nitrogens with one attached hydrogen (secondary N) is 1. The molecule has 1 atom stereocenters. The zero-order valence-corrected chi connectivity index (χ0v) is 21.1. The van der Waals surface area contributed by atoms with E-state index in [1.807, 2.05) is 60.0 Å². The molecule has 4 aromatic rings. The number of aromatic nitrogens is 4. The van der Waals surface area contributed by atoms with Gasteiger partial charge in [-0.2, -0.15) is 0 Å². The highest BCUT2D eigenvalue weighted by Crippen LogP contribution is 2.33. The topological polar surface area (TPSA) is 81.9 Å². The Hall–Kier alpha value is -3.65. The number of methoxy groups -OCH3 is 1. The van der Waals surface area contributed by atoms with Crippen LogP contribution in [0, 0.1) is 0 Å². The van der Waals surface area contributed by atoms with Gasteiger partial charge in [0.2, 0.25) is 5.91 Å². The standard InChI is InChI=1S/C27H29N5O2S/c1-18(2)22-12-6-7-13-23(22)32-25(21-11-9-15-28-16-21)30-31-27(32)35-19(3)26(33)29-17-20-10-5-8-14-24(20)34-4/h5-16,18-19H,17H2,1-4H3,(H,29,33). The fourth-order valence-corrected chi connectivity index (χ4v) is 4.70. The van der Waals surface area contributed by atoms with E-state index in [4.69, 9.17) is 4.74 Å². The van der Waals surface area contributed by atoms with Crippen molar-refractivity contribution >= 4 is 17.7 Å². The molecule has 0 saturated heterocycles. The molecule has 0 aliphatic carbocycles. The van der Waals surface area contributed by atoms with E-state index in [0.717, 1.165) is 22.6 Å². The average Bonchev–Trinajstić information content (AvgIpc) is 3.31. The van der Waals surface area contributed by atoms with E-state index in [0.29, 0.717) is 23.4 Å². The van der Waals surface area contributed by atoms with E-state index in [1.54, 1.807) is 19.5 Å². The van der Waals surface area contributed by atoms with E-state index in [-0.39, 0.29) is 11.2 Å². The molecule has 7 nitrogen and oxygen atoms in total. The third kappa shape index (κ3) is 5.54. The van der Waals surface area contributed by atoms with Gasteiger partial charge in [0.25, 0.3) is 0 Å². The maximum absolute atomic E-state index is 13.0. The number of pyridine rings is 1. The number of para-hydroxylation sites is 2. The van der Waals surface area contributed by atoms with Crippen molar-refractivity contribution in [3.63, 3.8) is 0 Å². The van der Waals surface area contributed by atoms with E-state index in [9.17, 15) is 4.79 Å². The van der Waals surface area contributed by atoms with E-state index < -0.39 is 0 Å². The molecule has 0 aliphatic rings. The van der Waals surface area contributed by atoms with Crippen LogP contribution in [0.4, 0.5) is 0 Å². The number of hydrogen-bond donors (Lipinski definition) is 1. The molecule has 0 fully saturated rings. The Balaban J connectivity index is 1.62. The van der Waals surface area contributed by atoms with Crippen molar-refractivity contribution in [1.29, 1.82) is 0 Å². The molecular weight excluding hydrogens is 458 g/mol. The van der Waals surface area contributed by atoms with Crippen LogP contribution in [0.15, 0.2) is 78.2 Å². The first kappa shape index (κ1) is 24.5. The first-order valence-electron chi connectivity index (χ1n) is 11.5. The molecule has 0 bridgehead atoms. The zero-order chi connectivity index (χ0) is 24.8. The summed E-state index contributed by atoms with van der Waals surface area (Å²) in [7, 11) is 1.63. The zero-order valence-electron chi connectivity index (χ0n) is 20.3. The third-order valence-corrected chi connectivity index (χ3v) is 6.69. The summed E-state index contributed by atoms with van der Waals surface area (Å²) >= 11 is 1.38. The van der Waals surface area contributed by atoms with Crippen LogP contribution in [0.5, 0.6) is 5.75 Å². The number of ether oxygens (including phenoxy) is 1. The molecule has 2 aromatic heterocycles. The van der Waals surface area contributed by atoms with Crippen molar-refractivity contribution in [2.24, 2.45) is 0 Å². The van der Waals surface area contributed by atoms with Crippen molar-refractivity contribution in [3.8, 4) is 22.8 Å². The van der Waals surface area contributed by atoms with Gasteiger partial charge in [-0.1, -0.05) is 62.0 Å². The van der Waals surface area contributed by atoms with Gasteiger partial charge in [0.1, 0.15) is 5.75 Å². The molecule has 35 heavy (non-hydrogen) atoms. The number of carbonyl (C=O) groups excluding carboxylic acids is 1. The lowest BCUT2D eigenvalue weighted by Crippen LogP contribution is -2.30. The smallest absolute Gasteiger partial charge is 0.233 e. The Morgan fingerprint density at radius 2 is 1.80 bits per heavy atom. The molecule has 0 saturated carbocycles. The van der Waals surface area contributed by atoms with Crippen LogP contribution < -0.4 is 10.1 Å². The van der Waals surface area contributed by atoms with Gasteiger partial charge < -0.3 is 10.1 Å². The summed E-state index contributed by atoms with van der Waals surface area (Å²) in [5.74, 6) is 1.65. The Labute approximate surface area is 210 Å². The van der Waals surface area contributed by atoms with E-state index >= 15 is 0 Å². The average molecular weight is 488 g/mol. The van der Waals surface area contributed by atoms with Crippen LogP contribution in [-0.2, 0) is 11.3 Å². The number of carbonyl (C=O) groups is 1. The van der Waals surface area contributed by atoms with Crippen LogP contribution in [0.3, 0.4) is 0 Å². The quantitative estimate of drug-likeness (QED) is 0.324. The minimum atomic E-state index is -0.388. The predicted molar refractivity (Wildman–Crippen MR) is 139 cm³/mol. The lowest BCUT2D eigenvalue weighted by Gasteiger charge is -2.18. The molecular formula is C27H29N5O2S. The Kier molecular flexibility index (Phi) is 7.82. The maximum atomic E-state index is 13.0. The second-order valence-electron chi connectivity index (χ2n) is 8.39. The molecule has 0 radical (unpaired) electrons. The number of amides is 1. The minimum Gasteiger partial charge on any atom is -0.496 e. The summed E-state index contributed by atoms with van der Waals surface area (Å²) in [5, 5.41) is 12.3. The molecule has 1 amide bonds. The number of thioether (sulfide) groups is 1. The fraction of sp³-hybridized carbons (Fsp3) is 0.259. The Morgan fingerprint density at radius 3 is 2.54 bits per heavy atom. The molecule has 2 heterocycles. The number of rotatable bonds is 9. The highest BCUT2D eigenvalue weighted by molar-refractivity contribution is 8.00. The third-order valence-electron chi connectivity index (χ3n) is 5.65. The van der Waals surface area contributed by atoms with Crippen molar-refractivity contribution in [2.75, 3.05) is 7.11 Å². The van der Waals surface area contributed by atoms with Crippen molar-refractivity contribution in [2.45, 2.75) is 43.6 Å². The summed E-state index contributed by atoms with van der Waals surface area (Å²) in [6.07, 6.45) is 3.51. The Bertz CT molecular complexity index is 1290. The van der Waals surface area contributed by atoms with Gasteiger partial charge >= 0.3 is 0 Å². The molecule has 2 aromatic carbocycles. The van der Waals surface area contributed by atoms with Gasteiger partial charge in [-0.05, 0) is 42.7 Å². The maximum Gasteiger partial charge on any atom is 0.233 e. The SMILES string of the molecule is COc1ccccc1CNC(=O)C(C)Sc1nnc(-c2cccnc2)n1-c1ccccc1C(C)C. The van der Waals surface area contributed by atoms with Crippen molar-refractivity contribution in [3.05, 3.63) is 84.2 Å². The van der Waals surface area contributed by atoms with Gasteiger partial charge in [0.15, 0.2) is 11.0 Å². The predicted octanol–water partition coefficient (Wildman–Crippen LogP) is 5.26. The van der Waals surface area contributed by atoms with Gasteiger partial charge in [-0.25, -0.2) is 0 Å². The van der Waals surface area contributed by atoms with Crippen LogP contribution >= 0.6 is 11.8 Å². The summed E-state index contributed by atoms with van der Waals surface area (Å²) < 4.78 is 7.42. The van der Waals surface area contributed by atoms with E-state index in [1.165, 1.54) is 17.3 Å². The lowest BCUT2D eigenvalue weighted by molar-refractivity contribution is -0.120. The summed E-state index contributed by atoms with van der Waals surface area (Å²) in [5.41, 5.74) is 3.95. The van der Waals surface area contributed by atoms with Gasteiger partial charge in [0.05, 0.1) is 18.0 Å². The molecule has 1 N–H and O–H groups in total. The van der Waals surface area contributed by atoms with Gasteiger partial charge in [0, 0.05) is 30.1 Å². The first-order valence-corrected chi connectivity index (χ1v) is 12.4. The second-order valence-corrected chi connectivity index (χ2v) is 9.69. The molecule has 4 rings (SSSR count). The lowest BCUT2D eigenvalue weighted by atomic mass is 10.0. The fourth-order valence-electron chi connectivity index (χ4n) is 3.81. The number of hydrogen-bond acceptors (Lipinski definition) is 6. The van der Waals surface area contributed by atoms with Gasteiger partial charge in [-0.3, -0.25) is 14.3 Å². The van der Waals surface area contributed by atoms with Crippen LogP contribution in [-0.4, -0.2) is 38.0 Å². The summed E-state index contributed by atoms with van der Waals surface area (Å²) in [4.78, 5) is 17.2. The highest BCUT2D eigenvalue weighted by atomic mass is 32.2. The molecule has 1 unspecified atom stereocenters. The summed E-state index contributed by atoms with van der Waals surface area (Å²) in [6, 6.07) is 19.7. The number of nitrogens with zero attached hydrogens (tertiary/aromatic N) is 4. The monoisotopic (exact) mass is 487 g/mol. The van der Waals surface area contributed by atoms with Crippen molar-refractivity contribution < 1.29 is 9.53 Å². The second kappa shape index (κ2) is 11.2. The van der Waals surface area contributed by atoms with Gasteiger partial charge in [-0.15, -0.1) is 10.2 Å². The first-order chi connectivity index (χ1) is 17.0. The van der Waals surface area contributed by atoms with Crippen LogP contribution in [0.2, 0.25) is 0 Å². The molecule has 180 valence electrons. The summed E-state index contributed by atoms with van der Waals surface area (Å²) in [6.45, 7) is 6.58. The largest absolute Gasteiger partial charge is 0.496 e.